The van der Waals surface area contributed by atoms with Crippen LogP contribution in [0.2, 0.25) is 0 Å². The van der Waals surface area contributed by atoms with Gasteiger partial charge in [0.15, 0.2) is 0 Å². The van der Waals surface area contributed by atoms with Gasteiger partial charge in [-0.15, -0.1) is 0 Å². The standard InChI is InChI=1S/C13H15IN2O4/c1-13(2,3)20-12(18)15-8-4-7-6-19-11(17)16-10(7)9(14)5-8/h4-5H,6H2,1-3H3,(H,15,18)(H,16,17). The normalized spacial score (nSPS) is 13.9. The summed E-state index contributed by atoms with van der Waals surface area (Å²) in [4.78, 5) is 22.9. The van der Waals surface area contributed by atoms with Crippen LogP contribution < -0.4 is 10.6 Å². The maximum Gasteiger partial charge on any atom is 0.412 e. The van der Waals surface area contributed by atoms with Gasteiger partial charge in [-0.1, -0.05) is 0 Å². The molecule has 1 aromatic rings. The van der Waals surface area contributed by atoms with Crippen molar-refractivity contribution in [2.24, 2.45) is 0 Å². The predicted molar refractivity (Wildman–Crippen MR) is 82.8 cm³/mol. The third-order valence-corrected chi connectivity index (χ3v) is 3.25. The molecular weight excluding hydrogens is 375 g/mol. The molecule has 1 heterocycles. The molecule has 1 aromatic carbocycles. The Balaban J connectivity index is 2.17. The molecule has 1 aliphatic heterocycles. The van der Waals surface area contributed by atoms with E-state index < -0.39 is 17.8 Å². The van der Waals surface area contributed by atoms with Crippen LogP contribution in [-0.2, 0) is 16.1 Å². The van der Waals surface area contributed by atoms with E-state index in [9.17, 15) is 9.59 Å². The summed E-state index contributed by atoms with van der Waals surface area (Å²) >= 11 is 2.09. The Hall–Kier alpha value is -1.51. The molecule has 20 heavy (non-hydrogen) atoms. The first-order valence-corrected chi connectivity index (χ1v) is 7.09. The number of fused-ring (bicyclic) bond motifs is 1. The topological polar surface area (TPSA) is 76.7 Å². The van der Waals surface area contributed by atoms with Crippen LogP contribution >= 0.6 is 22.6 Å². The molecule has 0 radical (unpaired) electrons. The van der Waals surface area contributed by atoms with Gasteiger partial charge in [-0.25, -0.2) is 9.59 Å². The van der Waals surface area contributed by atoms with Crippen molar-refractivity contribution in [2.75, 3.05) is 10.6 Å². The van der Waals surface area contributed by atoms with Crippen molar-refractivity contribution in [1.29, 1.82) is 0 Å². The smallest absolute Gasteiger partial charge is 0.412 e. The number of cyclic esters (lactones) is 1. The maximum atomic E-state index is 11.7. The Morgan fingerprint density at radius 1 is 1.45 bits per heavy atom. The molecular formula is C13H15IN2O4. The van der Waals surface area contributed by atoms with Gasteiger partial charge in [0, 0.05) is 14.8 Å². The van der Waals surface area contributed by atoms with Gasteiger partial charge in [0.2, 0.25) is 0 Å². The van der Waals surface area contributed by atoms with Crippen LogP contribution in [0.5, 0.6) is 0 Å². The van der Waals surface area contributed by atoms with Crippen LogP contribution in [0.25, 0.3) is 0 Å². The van der Waals surface area contributed by atoms with Crippen LogP contribution in [0.3, 0.4) is 0 Å². The lowest BCUT2D eigenvalue weighted by molar-refractivity contribution is 0.0635. The molecule has 0 unspecified atom stereocenters. The molecule has 0 aromatic heterocycles. The second-order valence-corrected chi connectivity index (χ2v) is 6.48. The fraction of sp³-hybridized carbons (Fsp3) is 0.385. The Kier molecular flexibility index (Phi) is 4.07. The van der Waals surface area contributed by atoms with Crippen molar-refractivity contribution >= 4 is 46.2 Å². The van der Waals surface area contributed by atoms with Crippen LogP contribution in [0.4, 0.5) is 21.0 Å². The molecule has 0 saturated heterocycles. The SMILES string of the molecule is CC(C)(C)OC(=O)Nc1cc(I)c2c(c1)COC(=O)N2. The fourth-order valence-electron chi connectivity index (χ4n) is 1.69. The van der Waals surface area contributed by atoms with E-state index in [1.165, 1.54) is 0 Å². The number of hydrogen-bond acceptors (Lipinski definition) is 4. The monoisotopic (exact) mass is 390 g/mol. The maximum absolute atomic E-state index is 11.7. The second-order valence-electron chi connectivity index (χ2n) is 5.32. The molecule has 0 aliphatic carbocycles. The first-order chi connectivity index (χ1) is 9.24. The Bertz CT molecular complexity index is 566. The zero-order chi connectivity index (χ0) is 14.9. The quantitative estimate of drug-likeness (QED) is 0.717. The highest BCUT2D eigenvalue weighted by Gasteiger charge is 2.21. The zero-order valence-corrected chi connectivity index (χ0v) is 13.5. The summed E-state index contributed by atoms with van der Waals surface area (Å²) < 4.78 is 10.9. The highest BCUT2D eigenvalue weighted by Crippen LogP contribution is 2.31. The van der Waals surface area contributed by atoms with E-state index in [-0.39, 0.29) is 6.61 Å². The predicted octanol–water partition coefficient (Wildman–Crippen LogP) is 3.70. The number of carbonyl (C=O) groups excluding carboxylic acids is 2. The lowest BCUT2D eigenvalue weighted by Crippen LogP contribution is -2.27. The van der Waals surface area contributed by atoms with Crippen molar-refractivity contribution in [2.45, 2.75) is 33.0 Å². The van der Waals surface area contributed by atoms with E-state index >= 15 is 0 Å². The summed E-state index contributed by atoms with van der Waals surface area (Å²) in [6, 6.07) is 3.51. The number of ether oxygens (including phenoxy) is 2. The van der Waals surface area contributed by atoms with Crippen molar-refractivity contribution in [3.05, 3.63) is 21.3 Å². The molecule has 0 saturated carbocycles. The van der Waals surface area contributed by atoms with Gasteiger partial charge in [0.05, 0.1) is 5.69 Å². The average molecular weight is 390 g/mol. The summed E-state index contributed by atoms with van der Waals surface area (Å²) in [7, 11) is 0. The zero-order valence-electron chi connectivity index (χ0n) is 11.4. The van der Waals surface area contributed by atoms with E-state index in [1.807, 2.05) is 0 Å². The number of carbonyl (C=O) groups is 2. The minimum Gasteiger partial charge on any atom is -0.444 e. The summed E-state index contributed by atoms with van der Waals surface area (Å²) in [5.41, 5.74) is 1.57. The lowest BCUT2D eigenvalue weighted by atomic mass is 10.1. The highest BCUT2D eigenvalue weighted by molar-refractivity contribution is 14.1. The molecule has 0 spiro atoms. The van der Waals surface area contributed by atoms with Gasteiger partial charge >= 0.3 is 12.2 Å². The first-order valence-electron chi connectivity index (χ1n) is 6.01. The van der Waals surface area contributed by atoms with Gasteiger partial charge in [-0.2, -0.15) is 0 Å². The van der Waals surface area contributed by atoms with E-state index in [1.54, 1.807) is 32.9 Å². The molecule has 0 atom stereocenters. The Morgan fingerprint density at radius 3 is 2.80 bits per heavy atom. The van der Waals surface area contributed by atoms with Crippen LogP contribution in [-0.4, -0.2) is 17.8 Å². The summed E-state index contributed by atoms with van der Waals surface area (Å²) in [6.07, 6.45) is -0.989. The second kappa shape index (κ2) is 5.47. The molecule has 6 nitrogen and oxygen atoms in total. The van der Waals surface area contributed by atoms with Crippen molar-refractivity contribution in [3.63, 3.8) is 0 Å². The van der Waals surface area contributed by atoms with Crippen LogP contribution in [0.1, 0.15) is 26.3 Å². The number of halogens is 1. The fourth-order valence-corrected chi connectivity index (χ4v) is 2.51. The molecule has 0 bridgehead atoms. The summed E-state index contributed by atoms with van der Waals surface area (Å²) in [6.45, 7) is 5.58. The van der Waals surface area contributed by atoms with E-state index in [0.29, 0.717) is 5.69 Å². The van der Waals surface area contributed by atoms with Crippen molar-refractivity contribution < 1.29 is 19.1 Å². The molecule has 108 valence electrons. The van der Waals surface area contributed by atoms with Crippen molar-refractivity contribution in [1.82, 2.24) is 0 Å². The Labute approximate surface area is 130 Å². The van der Waals surface area contributed by atoms with Crippen LogP contribution in [0, 0.1) is 3.57 Å². The Morgan fingerprint density at radius 2 is 2.15 bits per heavy atom. The third kappa shape index (κ3) is 3.75. The number of benzene rings is 1. The number of anilines is 2. The first kappa shape index (κ1) is 14.9. The van der Waals surface area contributed by atoms with Gasteiger partial charge in [-0.3, -0.25) is 10.6 Å². The molecule has 0 fully saturated rings. The molecule has 1 aliphatic rings. The van der Waals surface area contributed by atoms with E-state index in [4.69, 9.17) is 9.47 Å². The lowest BCUT2D eigenvalue weighted by Gasteiger charge is -2.22. The number of amides is 2. The number of hydrogen-bond donors (Lipinski definition) is 2. The third-order valence-electron chi connectivity index (χ3n) is 2.40. The van der Waals surface area contributed by atoms with E-state index in [2.05, 4.69) is 33.2 Å². The van der Waals surface area contributed by atoms with Gasteiger partial charge in [0.1, 0.15) is 12.2 Å². The van der Waals surface area contributed by atoms with Gasteiger partial charge < -0.3 is 9.47 Å². The average Bonchev–Trinajstić information content (AvgIpc) is 2.27. The van der Waals surface area contributed by atoms with Gasteiger partial charge in [0.25, 0.3) is 0 Å². The molecule has 2 N–H and O–H groups in total. The van der Waals surface area contributed by atoms with Gasteiger partial charge in [-0.05, 0) is 55.5 Å². The van der Waals surface area contributed by atoms with E-state index in [0.717, 1.165) is 14.8 Å². The van der Waals surface area contributed by atoms with Crippen molar-refractivity contribution in [3.8, 4) is 0 Å². The number of nitrogens with one attached hydrogen (secondary N) is 2. The summed E-state index contributed by atoms with van der Waals surface area (Å²) in [5.74, 6) is 0. The molecule has 2 amide bonds. The van der Waals surface area contributed by atoms with Crippen LogP contribution in [0.15, 0.2) is 12.1 Å². The largest absolute Gasteiger partial charge is 0.444 e. The number of rotatable bonds is 1. The molecule has 7 heteroatoms. The molecule has 2 rings (SSSR count). The minimum atomic E-state index is -0.553. The highest BCUT2D eigenvalue weighted by atomic mass is 127. The summed E-state index contributed by atoms with van der Waals surface area (Å²) in [5, 5.41) is 5.30. The minimum absolute atomic E-state index is 0.182.